The maximum atomic E-state index is 13.4. The first-order valence-electron chi connectivity index (χ1n) is 11.0. The third-order valence-electron chi connectivity index (χ3n) is 5.29. The number of carbonyl (C=O) groups excluding carboxylic acids is 1. The zero-order valence-electron chi connectivity index (χ0n) is 19.4. The van der Waals surface area contributed by atoms with Crippen LogP contribution in [0.4, 0.5) is 18.9 Å². The summed E-state index contributed by atoms with van der Waals surface area (Å²) >= 11 is 0. The zero-order chi connectivity index (χ0) is 25.9. The minimum Gasteiger partial charge on any atom is -0.494 e. The van der Waals surface area contributed by atoms with E-state index in [2.05, 4.69) is 10.4 Å². The number of halogens is 3. The van der Waals surface area contributed by atoms with Crippen LogP contribution in [0.15, 0.2) is 71.5 Å². The van der Waals surface area contributed by atoms with Gasteiger partial charge in [-0.3, -0.25) is 9.59 Å². The smallest absolute Gasteiger partial charge is 0.416 e. The Morgan fingerprint density at radius 3 is 2.33 bits per heavy atom. The van der Waals surface area contributed by atoms with Crippen molar-refractivity contribution in [3.8, 4) is 17.2 Å². The Balaban J connectivity index is 1.62. The molecule has 0 aliphatic heterocycles. The van der Waals surface area contributed by atoms with E-state index in [1.807, 2.05) is 6.92 Å². The molecule has 1 aromatic heterocycles. The van der Waals surface area contributed by atoms with Gasteiger partial charge in [-0.2, -0.15) is 18.3 Å². The molecule has 0 fully saturated rings. The molecule has 1 heterocycles. The van der Waals surface area contributed by atoms with Crippen LogP contribution in [0.25, 0.3) is 10.8 Å². The van der Waals surface area contributed by atoms with Crippen LogP contribution in [0.3, 0.4) is 0 Å². The van der Waals surface area contributed by atoms with Crippen molar-refractivity contribution >= 4 is 22.4 Å². The lowest BCUT2D eigenvalue weighted by Crippen LogP contribution is -2.30. The molecular weight excluding hydrogens is 475 g/mol. The van der Waals surface area contributed by atoms with Crippen LogP contribution in [0, 0.1) is 6.92 Å². The number of rotatable bonds is 7. The fraction of sp³-hybridized carbons (Fsp3) is 0.192. The summed E-state index contributed by atoms with van der Waals surface area (Å²) < 4.78 is 52.1. The first-order chi connectivity index (χ1) is 17.2. The number of aryl methyl sites for hydroxylation is 1. The Bertz CT molecular complexity index is 1460. The standard InChI is InChI=1S/C26H22F3N3O4/c1-3-35-18-9-11-19(12-10-18)36-23-13-8-17(26(27,28)29)14-22(23)30-24(33)15-32-25(34)21-7-5-4-6-20(21)16(2)31-32/h4-14H,3,15H2,1-2H3,(H,30,33). The number of nitrogens with one attached hydrogen (secondary N) is 1. The van der Waals surface area contributed by atoms with E-state index in [1.165, 1.54) is 0 Å². The highest BCUT2D eigenvalue weighted by Crippen LogP contribution is 2.37. The highest BCUT2D eigenvalue weighted by molar-refractivity contribution is 5.92. The van der Waals surface area contributed by atoms with Crippen molar-refractivity contribution in [2.75, 3.05) is 11.9 Å². The van der Waals surface area contributed by atoms with Crippen LogP contribution in [-0.4, -0.2) is 22.3 Å². The van der Waals surface area contributed by atoms with Gasteiger partial charge in [0.05, 0.1) is 28.9 Å². The summed E-state index contributed by atoms with van der Waals surface area (Å²) in [4.78, 5) is 25.6. The average molecular weight is 497 g/mol. The van der Waals surface area contributed by atoms with E-state index in [0.717, 1.165) is 22.9 Å². The molecule has 0 bridgehead atoms. The molecule has 1 amide bonds. The van der Waals surface area contributed by atoms with Crippen LogP contribution >= 0.6 is 0 Å². The van der Waals surface area contributed by atoms with E-state index in [-0.39, 0.29) is 11.4 Å². The first-order valence-corrected chi connectivity index (χ1v) is 11.0. The third kappa shape index (κ3) is 5.48. The van der Waals surface area contributed by atoms with Gasteiger partial charge in [0.15, 0.2) is 5.75 Å². The molecule has 0 aliphatic rings. The fourth-order valence-electron chi connectivity index (χ4n) is 3.63. The number of alkyl halides is 3. The Morgan fingerprint density at radius 2 is 1.67 bits per heavy atom. The predicted molar refractivity (Wildman–Crippen MR) is 128 cm³/mol. The van der Waals surface area contributed by atoms with Crippen molar-refractivity contribution in [3.63, 3.8) is 0 Å². The number of benzene rings is 3. The topological polar surface area (TPSA) is 82.4 Å². The number of carbonyl (C=O) groups is 1. The van der Waals surface area contributed by atoms with Gasteiger partial charge in [-0.1, -0.05) is 18.2 Å². The molecule has 0 aliphatic carbocycles. The normalized spacial score (nSPS) is 11.4. The summed E-state index contributed by atoms with van der Waals surface area (Å²) in [5.74, 6) is 0.192. The van der Waals surface area contributed by atoms with E-state index in [4.69, 9.17) is 9.47 Å². The summed E-state index contributed by atoms with van der Waals surface area (Å²) in [6.45, 7) is 3.52. The van der Waals surface area contributed by atoms with E-state index < -0.39 is 29.8 Å². The lowest BCUT2D eigenvalue weighted by Gasteiger charge is -2.16. The largest absolute Gasteiger partial charge is 0.494 e. The summed E-state index contributed by atoms with van der Waals surface area (Å²) in [5.41, 5.74) is -1.11. The molecule has 0 saturated heterocycles. The monoisotopic (exact) mass is 497 g/mol. The molecule has 0 radical (unpaired) electrons. The van der Waals surface area contributed by atoms with Crippen LogP contribution in [0.2, 0.25) is 0 Å². The summed E-state index contributed by atoms with van der Waals surface area (Å²) in [5, 5.41) is 7.64. The lowest BCUT2D eigenvalue weighted by molar-refractivity contribution is -0.137. The molecule has 0 atom stereocenters. The molecule has 4 rings (SSSR count). The van der Waals surface area contributed by atoms with Crippen molar-refractivity contribution in [2.45, 2.75) is 26.6 Å². The highest BCUT2D eigenvalue weighted by Gasteiger charge is 2.31. The Morgan fingerprint density at radius 1 is 1.00 bits per heavy atom. The second-order valence-electron chi connectivity index (χ2n) is 7.86. The van der Waals surface area contributed by atoms with Crippen LogP contribution in [0.1, 0.15) is 18.2 Å². The van der Waals surface area contributed by atoms with Crippen molar-refractivity contribution in [1.29, 1.82) is 0 Å². The van der Waals surface area contributed by atoms with Crippen molar-refractivity contribution in [1.82, 2.24) is 9.78 Å². The maximum absolute atomic E-state index is 13.4. The molecule has 4 aromatic rings. The van der Waals surface area contributed by atoms with Gasteiger partial charge in [0, 0.05) is 5.39 Å². The minimum atomic E-state index is -4.63. The zero-order valence-corrected chi connectivity index (χ0v) is 19.4. The molecule has 1 N–H and O–H groups in total. The van der Waals surface area contributed by atoms with Crippen LogP contribution in [0.5, 0.6) is 17.2 Å². The predicted octanol–water partition coefficient (Wildman–Crippen LogP) is 5.55. The summed E-state index contributed by atoms with van der Waals surface area (Å²) in [7, 11) is 0. The third-order valence-corrected chi connectivity index (χ3v) is 5.29. The van der Waals surface area contributed by atoms with Gasteiger partial charge in [-0.15, -0.1) is 0 Å². The van der Waals surface area contributed by atoms with Crippen molar-refractivity contribution < 1.29 is 27.4 Å². The number of amides is 1. The van der Waals surface area contributed by atoms with Gasteiger partial charge in [-0.25, -0.2) is 4.68 Å². The number of hydrogen-bond acceptors (Lipinski definition) is 5. The van der Waals surface area contributed by atoms with E-state index in [9.17, 15) is 22.8 Å². The SMILES string of the molecule is CCOc1ccc(Oc2ccc(C(F)(F)F)cc2NC(=O)Cn2nc(C)c3ccccc3c2=O)cc1. The minimum absolute atomic E-state index is 0.00416. The molecule has 0 unspecified atom stereocenters. The summed E-state index contributed by atoms with van der Waals surface area (Å²) in [6.07, 6.45) is -4.63. The molecule has 186 valence electrons. The number of hydrogen-bond donors (Lipinski definition) is 1. The molecular formula is C26H22F3N3O4. The number of aromatic nitrogens is 2. The molecule has 3 aromatic carbocycles. The number of ether oxygens (including phenoxy) is 2. The number of nitrogens with zero attached hydrogens (tertiary/aromatic N) is 2. The second-order valence-corrected chi connectivity index (χ2v) is 7.86. The molecule has 36 heavy (non-hydrogen) atoms. The van der Waals surface area contributed by atoms with E-state index >= 15 is 0 Å². The molecule has 10 heteroatoms. The second kappa shape index (κ2) is 10.1. The summed E-state index contributed by atoms with van der Waals surface area (Å²) in [6, 6.07) is 16.1. The Kier molecular flexibility index (Phi) is 6.96. The highest BCUT2D eigenvalue weighted by atomic mass is 19.4. The van der Waals surface area contributed by atoms with Crippen molar-refractivity contribution in [3.05, 3.63) is 88.3 Å². The van der Waals surface area contributed by atoms with Gasteiger partial charge in [-0.05, 0) is 62.4 Å². The average Bonchev–Trinajstić information content (AvgIpc) is 2.84. The van der Waals surface area contributed by atoms with Gasteiger partial charge in [0.2, 0.25) is 5.91 Å². The lowest BCUT2D eigenvalue weighted by atomic mass is 10.1. The molecule has 0 spiro atoms. The van der Waals surface area contributed by atoms with Gasteiger partial charge < -0.3 is 14.8 Å². The maximum Gasteiger partial charge on any atom is 0.416 e. The fourth-order valence-corrected chi connectivity index (χ4v) is 3.63. The van der Waals surface area contributed by atoms with Crippen LogP contribution < -0.4 is 20.3 Å². The number of anilines is 1. The van der Waals surface area contributed by atoms with Crippen LogP contribution in [-0.2, 0) is 17.5 Å². The molecule has 7 nitrogen and oxygen atoms in total. The van der Waals surface area contributed by atoms with Gasteiger partial charge >= 0.3 is 6.18 Å². The Hall–Kier alpha value is -4.34. The number of fused-ring (bicyclic) bond motifs is 1. The quantitative estimate of drug-likeness (QED) is 0.362. The van der Waals surface area contributed by atoms with Gasteiger partial charge in [0.1, 0.15) is 18.0 Å². The first kappa shape index (κ1) is 24.8. The van der Waals surface area contributed by atoms with Gasteiger partial charge in [0.25, 0.3) is 5.56 Å². The molecule has 0 saturated carbocycles. The Labute approximate surface area is 204 Å². The van der Waals surface area contributed by atoms with Crippen molar-refractivity contribution in [2.24, 2.45) is 0 Å². The van der Waals surface area contributed by atoms with E-state index in [1.54, 1.807) is 55.5 Å². The van der Waals surface area contributed by atoms with E-state index in [0.29, 0.717) is 34.6 Å².